The molecular formula is C17H18N4O. The van der Waals surface area contributed by atoms with Crippen LogP contribution < -0.4 is 10.5 Å². The molecule has 0 fully saturated rings. The normalized spacial score (nSPS) is 10.6. The summed E-state index contributed by atoms with van der Waals surface area (Å²) in [6.07, 6.45) is 3.58. The highest BCUT2D eigenvalue weighted by Crippen LogP contribution is 2.24. The summed E-state index contributed by atoms with van der Waals surface area (Å²) in [5.74, 6) is 0.848. The second-order valence-electron chi connectivity index (χ2n) is 4.81. The zero-order valence-corrected chi connectivity index (χ0v) is 12.4. The smallest absolute Gasteiger partial charge is 0.119 e. The number of rotatable bonds is 5. The minimum Gasteiger partial charge on any atom is -0.494 e. The Hall–Kier alpha value is -2.66. The van der Waals surface area contributed by atoms with Crippen LogP contribution in [0.3, 0.4) is 0 Å². The molecule has 112 valence electrons. The maximum Gasteiger partial charge on any atom is 0.119 e. The molecule has 0 unspecified atom stereocenters. The Balaban J connectivity index is 2.04. The van der Waals surface area contributed by atoms with Gasteiger partial charge in [0.1, 0.15) is 5.75 Å². The molecule has 3 rings (SSSR count). The van der Waals surface area contributed by atoms with Crippen LogP contribution >= 0.6 is 0 Å². The second-order valence-corrected chi connectivity index (χ2v) is 4.81. The van der Waals surface area contributed by atoms with E-state index in [4.69, 9.17) is 10.5 Å². The van der Waals surface area contributed by atoms with Gasteiger partial charge in [0, 0.05) is 24.5 Å². The van der Waals surface area contributed by atoms with Gasteiger partial charge >= 0.3 is 0 Å². The summed E-state index contributed by atoms with van der Waals surface area (Å²) in [5.41, 5.74) is 9.51. The Kier molecular flexibility index (Phi) is 4.16. The van der Waals surface area contributed by atoms with Gasteiger partial charge in [-0.05, 0) is 49.4 Å². The lowest BCUT2D eigenvalue weighted by Crippen LogP contribution is -2.02. The fourth-order valence-corrected chi connectivity index (χ4v) is 2.30. The maximum atomic E-state index is 5.74. The molecule has 0 amide bonds. The van der Waals surface area contributed by atoms with E-state index in [0.29, 0.717) is 13.2 Å². The summed E-state index contributed by atoms with van der Waals surface area (Å²) < 4.78 is 7.36. The lowest BCUT2D eigenvalue weighted by atomic mass is 10.2. The van der Waals surface area contributed by atoms with E-state index in [1.54, 1.807) is 6.20 Å². The molecule has 1 aromatic carbocycles. The van der Waals surface area contributed by atoms with Gasteiger partial charge in [-0.25, -0.2) is 4.68 Å². The van der Waals surface area contributed by atoms with Gasteiger partial charge in [0.2, 0.25) is 0 Å². The van der Waals surface area contributed by atoms with E-state index in [1.165, 1.54) is 0 Å². The van der Waals surface area contributed by atoms with Crippen molar-refractivity contribution in [2.24, 2.45) is 5.73 Å². The summed E-state index contributed by atoms with van der Waals surface area (Å²) in [7, 11) is 0. The second kappa shape index (κ2) is 6.41. The van der Waals surface area contributed by atoms with Gasteiger partial charge in [0.05, 0.1) is 23.7 Å². The number of hydrogen-bond donors (Lipinski definition) is 1. The number of hydrogen-bond acceptors (Lipinski definition) is 4. The van der Waals surface area contributed by atoms with Crippen LogP contribution in [0, 0.1) is 0 Å². The summed E-state index contributed by atoms with van der Waals surface area (Å²) in [4.78, 5) is 4.18. The molecule has 0 bridgehead atoms. The topological polar surface area (TPSA) is 66.0 Å². The minimum atomic E-state index is 0.400. The summed E-state index contributed by atoms with van der Waals surface area (Å²) in [6, 6.07) is 13.8. The minimum absolute atomic E-state index is 0.400. The molecule has 0 aliphatic rings. The summed E-state index contributed by atoms with van der Waals surface area (Å²) in [5, 5.41) is 4.57. The van der Waals surface area contributed by atoms with Crippen molar-refractivity contribution < 1.29 is 4.74 Å². The molecule has 0 atom stereocenters. The van der Waals surface area contributed by atoms with Gasteiger partial charge in [0.15, 0.2) is 0 Å². The third-order valence-electron chi connectivity index (χ3n) is 3.32. The fourth-order valence-electron chi connectivity index (χ4n) is 2.30. The Labute approximate surface area is 129 Å². The van der Waals surface area contributed by atoms with Crippen molar-refractivity contribution in [3.63, 3.8) is 0 Å². The van der Waals surface area contributed by atoms with Crippen LogP contribution in [0.4, 0.5) is 0 Å². The fraction of sp³-hybridized carbons (Fsp3) is 0.176. The SMILES string of the molecule is CCOc1ccc(-n2nc(CN)cc2-c2cccnc2)cc1. The number of benzene rings is 1. The van der Waals surface area contributed by atoms with Gasteiger partial charge in [-0.3, -0.25) is 4.98 Å². The van der Waals surface area contributed by atoms with Gasteiger partial charge in [-0.2, -0.15) is 5.10 Å². The quantitative estimate of drug-likeness (QED) is 0.786. The van der Waals surface area contributed by atoms with E-state index in [1.807, 2.05) is 60.3 Å². The van der Waals surface area contributed by atoms with E-state index in [2.05, 4.69) is 10.1 Å². The molecule has 0 aliphatic carbocycles. The van der Waals surface area contributed by atoms with Gasteiger partial charge in [0.25, 0.3) is 0 Å². The van der Waals surface area contributed by atoms with Crippen molar-refractivity contribution >= 4 is 0 Å². The molecule has 0 aliphatic heterocycles. The highest BCUT2D eigenvalue weighted by atomic mass is 16.5. The number of pyridine rings is 1. The molecule has 5 heteroatoms. The van der Waals surface area contributed by atoms with E-state index in [0.717, 1.165) is 28.4 Å². The average Bonchev–Trinajstić information content (AvgIpc) is 3.01. The van der Waals surface area contributed by atoms with Gasteiger partial charge in [-0.15, -0.1) is 0 Å². The van der Waals surface area contributed by atoms with E-state index in [-0.39, 0.29) is 0 Å². The van der Waals surface area contributed by atoms with E-state index >= 15 is 0 Å². The van der Waals surface area contributed by atoms with Crippen LogP contribution in [0.15, 0.2) is 54.9 Å². The Morgan fingerprint density at radius 2 is 2.00 bits per heavy atom. The molecule has 2 heterocycles. The summed E-state index contributed by atoms with van der Waals surface area (Å²) >= 11 is 0. The van der Waals surface area contributed by atoms with Crippen LogP contribution in [0.2, 0.25) is 0 Å². The van der Waals surface area contributed by atoms with Crippen molar-refractivity contribution in [1.82, 2.24) is 14.8 Å². The van der Waals surface area contributed by atoms with Crippen molar-refractivity contribution in [2.75, 3.05) is 6.61 Å². The Morgan fingerprint density at radius 1 is 1.18 bits per heavy atom. The van der Waals surface area contributed by atoms with Gasteiger partial charge in [-0.1, -0.05) is 0 Å². The first-order chi connectivity index (χ1) is 10.8. The molecule has 0 spiro atoms. The van der Waals surface area contributed by atoms with Crippen molar-refractivity contribution in [3.05, 3.63) is 60.6 Å². The zero-order chi connectivity index (χ0) is 15.4. The molecule has 0 saturated carbocycles. The highest BCUT2D eigenvalue weighted by molar-refractivity contribution is 5.61. The van der Waals surface area contributed by atoms with Crippen LogP contribution in [-0.4, -0.2) is 21.4 Å². The number of ether oxygens (including phenoxy) is 1. The first-order valence-electron chi connectivity index (χ1n) is 7.24. The van der Waals surface area contributed by atoms with E-state index in [9.17, 15) is 0 Å². The zero-order valence-electron chi connectivity index (χ0n) is 12.4. The number of nitrogens with two attached hydrogens (primary N) is 1. The molecule has 3 aromatic rings. The first kappa shape index (κ1) is 14.3. The third kappa shape index (κ3) is 2.84. The maximum absolute atomic E-state index is 5.74. The Bertz CT molecular complexity index is 735. The number of aromatic nitrogens is 3. The van der Waals surface area contributed by atoms with Crippen LogP contribution in [0.25, 0.3) is 16.9 Å². The monoisotopic (exact) mass is 294 g/mol. The highest BCUT2D eigenvalue weighted by Gasteiger charge is 2.11. The third-order valence-corrected chi connectivity index (χ3v) is 3.32. The van der Waals surface area contributed by atoms with Crippen molar-refractivity contribution in [1.29, 1.82) is 0 Å². The lowest BCUT2D eigenvalue weighted by Gasteiger charge is -2.08. The van der Waals surface area contributed by atoms with Gasteiger partial charge < -0.3 is 10.5 Å². The lowest BCUT2D eigenvalue weighted by molar-refractivity contribution is 0.340. The number of nitrogens with zero attached hydrogens (tertiary/aromatic N) is 3. The molecule has 22 heavy (non-hydrogen) atoms. The molecular weight excluding hydrogens is 276 g/mol. The first-order valence-corrected chi connectivity index (χ1v) is 7.24. The molecule has 5 nitrogen and oxygen atoms in total. The molecule has 0 saturated heterocycles. The predicted molar refractivity (Wildman–Crippen MR) is 85.9 cm³/mol. The van der Waals surface area contributed by atoms with Crippen LogP contribution in [0.1, 0.15) is 12.6 Å². The van der Waals surface area contributed by atoms with Crippen molar-refractivity contribution in [3.8, 4) is 22.7 Å². The Morgan fingerprint density at radius 3 is 2.64 bits per heavy atom. The molecule has 2 aromatic heterocycles. The molecule has 0 radical (unpaired) electrons. The van der Waals surface area contributed by atoms with Crippen molar-refractivity contribution in [2.45, 2.75) is 13.5 Å². The molecule has 2 N–H and O–H groups in total. The summed E-state index contributed by atoms with van der Waals surface area (Å²) in [6.45, 7) is 3.02. The van der Waals surface area contributed by atoms with E-state index < -0.39 is 0 Å². The standard InChI is InChI=1S/C17H18N4O/c1-2-22-16-7-5-15(6-8-16)21-17(10-14(11-18)20-21)13-4-3-9-19-12-13/h3-10,12H,2,11,18H2,1H3. The van der Waals surface area contributed by atoms with Crippen LogP contribution in [-0.2, 0) is 6.54 Å². The largest absolute Gasteiger partial charge is 0.494 e. The predicted octanol–water partition coefficient (Wildman–Crippen LogP) is 2.79. The average molecular weight is 294 g/mol. The van der Waals surface area contributed by atoms with Crippen LogP contribution in [0.5, 0.6) is 5.75 Å².